The average molecular weight is 413 g/mol. The molecule has 0 bridgehead atoms. The fourth-order valence-corrected chi connectivity index (χ4v) is 4.61. The second kappa shape index (κ2) is 8.00. The SMILES string of the molecule is CC(=O)Nc1ccc(CN2CCc3c([nH]c4ccccc34)C2c2ccc(F)cc2)cc1. The molecule has 156 valence electrons. The van der Waals surface area contributed by atoms with Crippen LogP contribution in [0, 0.1) is 5.82 Å². The van der Waals surface area contributed by atoms with E-state index < -0.39 is 0 Å². The number of hydrogen-bond donors (Lipinski definition) is 2. The summed E-state index contributed by atoms with van der Waals surface area (Å²) < 4.78 is 13.6. The maximum Gasteiger partial charge on any atom is 0.221 e. The van der Waals surface area contributed by atoms with Crippen molar-refractivity contribution in [1.29, 1.82) is 0 Å². The van der Waals surface area contributed by atoms with Gasteiger partial charge in [0, 0.05) is 42.3 Å². The second-order valence-corrected chi connectivity index (χ2v) is 8.12. The molecular weight excluding hydrogens is 389 g/mol. The molecule has 0 saturated heterocycles. The number of aromatic nitrogens is 1. The van der Waals surface area contributed by atoms with Gasteiger partial charge < -0.3 is 10.3 Å². The largest absolute Gasteiger partial charge is 0.357 e. The summed E-state index contributed by atoms with van der Waals surface area (Å²) in [5, 5.41) is 4.08. The molecule has 2 N–H and O–H groups in total. The number of nitrogens with zero attached hydrogens (tertiary/aromatic N) is 1. The Balaban J connectivity index is 1.51. The number of hydrogen-bond acceptors (Lipinski definition) is 2. The number of amides is 1. The summed E-state index contributed by atoms with van der Waals surface area (Å²) in [6, 6.07) is 23.2. The number of para-hydroxylation sites is 1. The van der Waals surface area contributed by atoms with Crippen molar-refractivity contribution < 1.29 is 9.18 Å². The molecule has 4 nitrogen and oxygen atoms in total. The summed E-state index contributed by atoms with van der Waals surface area (Å²) in [4.78, 5) is 17.4. The van der Waals surface area contributed by atoms with Crippen molar-refractivity contribution in [3.63, 3.8) is 0 Å². The number of rotatable bonds is 4. The summed E-state index contributed by atoms with van der Waals surface area (Å²) in [6.45, 7) is 3.17. The number of nitrogens with one attached hydrogen (secondary N) is 2. The van der Waals surface area contributed by atoms with E-state index in [0.717, 1.165) is 36.3 Å². The lowest BCUT2D eigenvalue weighted by Crippen LogP contribution is -2.35. The summed E-state index contributed by atoms with van der Waals surface area (Å²) in [5.41, 5.74) is 6.71. The second-order valence-electron chi connectivity index (χ2n) is 8.12. The maximum atomic E-state index is 13.6. The minimum atomic E-state index is -0.225. The number of carbonyl (C=O) groups is 1. The van der Waals surface area contributed by atoms with Gasteiger partial charge in [-0.05, 0) is 53.4 Å². The van der Waals surface area contributed by atoms with Crippen LogP contribution >= 0.6 is 0 Å². The first-order valence-electron chi connectivity index (χ1n) is 10.5. The highest BCUT2D eigenvalue weighted by molar-refractivity contribution is 5.88. The van der Waals surface area contributed by atoms with Gasteiger partial charge in [-0.25, -0.2) is 4.39 Å². The average Bonchev–Trinajstić information content (AvgIpc) is 3.14. The molecule has 31 heavy (non-hydrogen) atoms. The Morgan fingerprint density at radius 3 is 2.55 bits per heavy atom. The lowest BCUT2D eigenvalue weighted by molar-refractivity contribution is -0.114. The number of H-pyrrole nitrogens is 1. The van der Waals surface area contributed by atoms with Gasteiger partial charge in [-0.1, -0.05) is 42.5 Å². The Kier molecular flexibility index (Phi) is 5.04. The third-order valence-corrected chi connectivity index (χ3v) is 5.98. The minimum absolute atomic E-state index is 0.0202. The molecule has 5 heteroatoms. The van der Waals surface area contributed by atoms with Crippen molar-refractivity contribution in [1.82, 2.24) is 9.88 Å². The summed E-state index contributed by atoms with van der Waals surface area (Å²) >= 11 is 0. The van der Waals surface area contributed by atoms with E-state index in [-0.39, 0.29) is 17.8 Å². The number of aromatic amines is 1. The molecule has 0 aliphatic carbocycles. The predicted octanol–water partition coefficient (Wildman–Crippen LogP) is 5.41. The predicted molar refractivity (Wildman–Crippen MR) is 121 cm³/mol. The molecule has 0 spiro atoms. The van der Waals surface area contributed by atoms with E-state index in [0.29, 0.717) is 0 Å². The van der Waals surface area contributed by atoms with Gasteiger partial charge in [0.15, 0.2) is 0 Å². The number of carbonyl (C=O) groups excluding carboxylic acids is 1. The standard InChI is InChI=1S/C26H24FN3O/c1-17(31)28-21-12-6-18(7-13-21)16-30-15-14-23-22-4-2-3-5-24(22)29-25(23)26(30)19-8-10-20(27)11-9-19/h2-13,26,29H,14-16H2,1H3,(H,28,31). The molecule has 2 heterocycles. The van der Waals surface area contributed by atoms with Crippen LogP contribution in [0.4, 0.5) is 10.1 Å². The molecule has 4 aromatic rings. The molecule has 1 amide bonds. The third kappa shape index (κ3) is 3.84. The monoisotopic (exact) mass is 413 g/mol. The van der Waals surface area contributed by atoms with Gasteiger partial charge >= 0.3 is 0 Å². The molecule has 3 aromatic carbocycles. The highest BCUT2D eigenvalue weighted by Gasteiger charge is 2.31. The zero-order chi connectivity index (χ0) is 21.4. The van der Waals surface area contributed by atoms with Gasteiger partial charge in [-0.3, -0.25) is 9.69 Å². The zero-order valence-electron chi connectivity index (χ0n) is 17.4. The van der Waals surface area contributed by atoms with Crippen molar-refractivity contribution >= 4 is 22.5 Å². The van der Waals surface area contributed by atoms with Gasteiger partial charge in [0.05, 0.1) is 6.04 Å². The Morgan fingerprint density at radius 1 is 1.06 bits per heavy atom. The smallest absolute Gasteiger partial charge is 0.221 e. The molecular formula is C26H24FN3O. The molecule has 1 atom stereocenters. The van der Waals surface area contributed by atoms with E-state index in [1.165, 1.54) is 41.3 Å². The van der Waals surface area contributed by atoms with Crippen LogP contribution in [-0.2, 0) is 17.8 Å². The van der Waals surface area contributed by atoms with E-state index in [1.807, 2.05) is 42.5 Å². The third-order valence-electron chi connectivity index (χ3n) is 5.98. The lowest BCUT2D eigenvalue weighted by Gasteiger charge is -2.36. The zero-order valence-corrected chi connectivity index (χ0v) is 17.4. The van der Waals surface area contributed by atoms with E-state index in [9.17, 15) is 9.18 Å². The van der Waals surface area contributed by atoms with Gasteiger partial charge in [0.1, 0.15) is 5.82 Å². The molecule has 0 fully saturated rings. The normalized spacial score (nSPS) is 16.3. The van der Waals surface area contributed by atoms with Crippen LogP contribution in [0.3, 0.4) is 0 Å². The number of fused-ring (bicyclic) bond motifs is 3. The number of benzene rings is 3. The fraction of sp³-hybridized carbons (Fsp3) is 0.192. The van der Waals surface area contributed by atoms with Crippen LogP contribution in [0.15, 0.2) is 72.8 Å². The first-order chi connectivity index (χ1) is 15.1. The van der Waals surface area contributed by atoms with Crippen molar-refractivity contribution in [3.05, 3.63) is 101 Å². The highest BCUT2D eigenvalue weighted by Crippen LogP contribution is 2.39. The molecule has 0 radical (unpaired) electrons. The molecule has 1 aromatic heterocycles. The molecule has 1 aliphatic rings. The van der Waals surface area contributed by atoms with Crippen LogP contribution in [0.25, 0.3) is 10.9 Å². The Hall–Kier alpha value is -3.44. The summed E-state index contributed by atoms with van der Waals surface area (Å²) in [5.74, 6) is -0.303. The van der Waals surface area contributed by atoms with E-state index in [4.69, 9.17) is 0 Å². The van der Waals surface area contributed by atoms with E-state index >= 15 is 0 Å². The topological polar surface area (TPSA) is 48.1 Å². The number of anilines is 1. The summed E-state index contributed by atoms with van der Waals surface area (Å²) in [7, 11) is 0. The first kappa shape index (κ1) is 19.5. The van der Waals surface area contributed by atoms with E-state index in [2.05, 4.69) is 33.4 Å². The van der Waals surface area contributed by atoms with Crippen LogP contribution < -0.4 is 5.32 Å². The molecule has 1 unspecified atom stereocenters. The van der Waals surface area contributed by atoms with Gasteiger partial charge in [0.25, 0.3) is 0 Å². The summed E-state index contributed by atoms with van der Waals surface area (Å²) in [6.07, 6.45) is 0.959. The van der Waals surface area contributed by atoms with Crippen molar-refractivity contribution in [3.8, 4) is 0 Å². The van der Waals surface area contributed by atoms with Gasteiger partial charge in [-0.2, -0.15) is 0 Å². The molecule has 1 aliphatic heterocycles. The van der Waals surface area contributed by atoms with Crippen LogP contribution in [0.5, 0.6) is 0 Å². The Bertz CT molecular complexity index is 1230. The first-order valence-corrected chi connectivity index (χ1v) is 10.5. The Labute approximate surface area is 180 Å². The maximum absolute atomic E-state index is 13.6. The number of halogens is 1. The molecule has 0 saturated carbocycles. The molecule has 5 rings (SSSR count). The van der Waals surface area contributed by atoms with Crippen LogP contribution in [0.2, 0.25) is 0 Å². The van der Waals surface area contributed by atoms with Crippen LogP contribution in [0.1, 0.15) is 35.3 Å². The van der Waals surface area contributed by atoms with E-state index in [1.54, 1.807) is 0 Å². The quantitative estimate of drug-likeness (QED) is 0.470. The van der Waals surface area contributed by atoms with Gasteiger partial charge in [-0.15, -0.1) is 0 Å². The minimum Gasteiger partial charge on any atom is -0.357 e. The lowest BCUT2D eigenvalue weighted by atomic mass is 9.92. The van der Waals surface area contributed by atoms with Crippen molar-refractivity contribution in [2.45, 2.75) is 25.9 Å². The van der Waals surface area contributed by atoms with Crippen molar-refractivity contribution in [2.24, 2.45) is 0 Å². The van der Waals surface area contributed by atoms with Crippen molar-refractivity contribution in [2.75, 3.05) is 11.9 Å². The van der Waals surface area contributed by atoms with Gasteiger partial charge in [0.2, 0.25) is 5.91 Å². The fourth-order valence-electron chi connectivity index (χ4n) is 4.61. The highest BCUT2D eigenvalue weighted by atomic mass is 19.1. The Morgan fingerprint density at radius 2 is 1.81 bits per heavy atom. The van der Waals surface area contributed by atoms with Crippen LogP contribution in [-0.4, -0.2) is 22.3 Å².